The molecule has 6 nitrogen and oxygen atoms in total. The number of aromatic carboxylic acids is 1. The second-order valence-corrected chi connectivity index (χ2v) is 4.56. The molecule has 0 aromatic carbocycles. The quantitative estimate of drug-likeness (QED) is 0.750. The number of nitrogens with one attached hydrogen (secondary N) is 2. The summed E-state index contributed by atoms with van der Waals surface area (Å²) in [4.78, 5) is 24.6. The van der Waals surface area contributed by atoms with E-state index in [0.29, 0.717) is 5.69 Å². The van der Waals surface area contributed by atoms with Gasteiger partial charge in [-0.1, -0.05) is 0 Å². The summed E-state index contributed by atoms with van der Waals surface area (Å²) < 4.78 is 5.03. The van der Waals surface area contributed by atoms with E-state index in [1.165, 1.54) is 6.07 Å². The lowest BCUT2D eigenvalue weighted by atomic mass is 10.2. The van der Waals surface area contributed by atoms with Gasteiger partial charge in [0.05, 0.1) is 6.54 Å². The zero-order valence-corrected chi connectivity index (χ0v) is 10.0. The number of carboxylic acid groups (broad SMARTS) is 1. The minimum absolute atomic E-state index is 0.0889. The molecule has 0 aliphatic rings. The number of carbonyl (C=O) groups is 2. The Kier molecular flexibility index (Phi) is 3.77. The number of H-pyrrole nitrogens is 1. The highest BCUT2D eigenvalue weighted by molar-refractivity contribution is 5.85. The largest absolute Gasteiger partial charge is 0.477 e. The van der Waals surface area contributed by atoms with Gasteiger partial charge in [0.25, 0.3) is 0 Å². The van der Waals surface area contributed by atoms with Gasteiger partial charge in [-0.15, -0.1) is 0 Å². The zero-order valence-electron chi connectivity index (χ0n) is 10.0. The Morgan fingerprint density at radius 3 is 2.53 bits per heavy atom. The van der Waals surface area contributed by atoms with Gasteiger partial charge in [0.2, 0.25) is 0 Å². The molecule has 0 aliphatic heterocycles. The van der Waals surface area contributed by atoms with Crippen molar-refractivity contribution in [2.45, 2.75) is 32.9 Å². The van der Waals surface area contributed by atoms with Crippen LogP contribution >= 0.6 is 0 Å². The standard InChI is InChI=1S/C11H16N2O4/c1-11(2,3)17-10(16)12-6-7-4-5-8(13-7)9(14)15/h4-5,13H,6H2,1-3H3,(H,12,16)(H,14,15). The maximum Gasteiger partial charge on any atom is 0.407 e. The van der Waals surface area contributed by atoms with Crippen LogP contribution < -0.4 is 5.32 Å². The number of carbonyl (C=O) groups excluding carboxylic acids is 1. The van der Waals surface area contributed by atoms with Gasteiger partial charge >= 0.3 is 12.1 Å². The van der Waals surface area contributed by atoms with E-state index in [2.05, 4.69) is 10.3 Å². The first-order valence-corrected chi connectivity index (χ1v) is 5.16. The summed E-state index contributed by atoms with van der Waals surface area (Å²) in [6, 6.07) is 3.04. The third-order valence-electron chi connectivity index (χ3n) is 1.80. The predicted octanol–water partition coefficient (Wildman–Crippen LogP) is 1.74. The molecule has 0 saturated carbocycles. The Hall–Kier alpha value is -1.98. The third-order valence-corrected chi connectivity index (χ3v) is 1.80. The molecule has 1 amide bonds. The van der Waals surface area contributed by atoms with Gasteiger partial charge < -0.3 is 20.1 Å². The Morgan fingerprint density at radius 2 is 2.06 bits per heavy atom. The number of aromatic nitrogens is 1. The Bertz CT molecular complexity index is 417. The lowest BCUT2D eigenvalue weighted by Gasteiger charge is -2.19. The lowest BCUT2D eigenvalue weighted by molar-refractivity contribution is 0.0522. The minimum Gasteiger partial charge on any atom is -0.477 e. The summed E-state index contributed by atoms with van der Waals surface area (Å²) in [5.41, 5.74) is 0.144. The maximum absolute atomic E-state index is 11.3. The number of aromatic amines is 1. The molecular weight excluding hydrogens is 224 g/mol. The smallest absolute Gasteiger partial charge is 0.407 e. The molecule has 0 bridgehead atoms. The number of carboxylic acids is 1. The summed E-state index contributed by atoms with van der Waals surface area (Å²) in [5.74, 6) is -1.03. The Morgan fingerprint density at radius 1 is 1.41 bits per heavy atom. The van der Waals surface area contributed by atoms with Crippen LogP contribution in [0.2, 0.25) is 0 Å². The first kappa shape index (κ1) is 13.1. The van der Waals surface area contributed by atoms with Gasteiger partial charge in [-0.25, -0.2) is 9.59 Å². The van der Waals surface area contributed by atoms with Crippen molar-refractivity contribution in [1.29, 1.82) is 0 Å². The molecule has 0 spiro atoms. The van der Waals surface area contributed by atoms with E-state index < -0.39 is 17.7 Å². The molecule has 1 rings (SSSR count). The van der Waals surface area contributed by atoms with E-state index in [9.17, 15) is 9.59 Å². The lowest BCUT2D eigenvalue weighted by Crippen LogP contribution is -2.32. The van der Waals surface area contributed by atoms with Gasteiger partial charge in [-0.3, -0.25) is 0 Å². The highest BCUT2D eigenvalue weighted by atomic mass is 16.6. The fourth-order valence-corrected chi connectivity index (χ4v) is 1.15. The van der Waals surface area contributed by atoms with E-state index in [4.69, 9.17) is 9.84 Å². The summed E-state index contributed by atoms with van der Waals surface area (Å²) in [6.07, 6.45) is -0.538. The monoisotopic (exact) mass is 240 g/mol. The van der Waals surface area contributed by atoms with Crippen LogP contribution in [0.4, 0.5) is 4.79 Å². The number of hydrogen-bond acceptors (Lipinski definition) is 3. The zero-order chi connectivity index (χ0) is 13.1. The van der Waals surface area contributed by atoms with Crippen molar-refractivity contribution in [3.63, 3.8) is 0 Å². The molecule has 0 atom stereocenters. The molecule has 0 saturated heterocycles. The summed E-state index contributed by atoms with van der Waals surface area (Å²) in [6.45, 7) is 5.50. The molecule has 0 radical (unpaired) electrons. The summed E-state index contributed by atoms with van der Waals surface area (Å²) >= 11 is 0. The number of amides is 1. The van der Waals surface area contributed by atoms with Crippen LogP contribution in [-0.2, 0) is 11.3 Å². The van der Waals surface area contributed by atoms with Crippen molar-refractivity contribution in [2.24, 2.45) is 0 Å². The second kappa shape index (κ2) is 4.90. The molecule has 0 aliphatic carbocycles. The van der Waals surface area contributed by atoms with Crippen molar-refractivity contribution in [2.75, 3.05) is 0 Å². The van der Waals surface area contributed by atoms with Crippen LogP contribution in [0.5, 0.6) is 0 Å². The van der Waals surface area contributed by atoms with Gasteiger partial charge in [0, 0.05) is 5.69 Å². The second-order valence-electron chi connectivity index (χ2n) is 4.56. The molecule has 0 unspecified atom stereocenters. The molecule has 1 aromatic rings. The van der Waals surface area contributed by atoms with E-state index in [-0.39, 0.29) is 12.2 Å². The van der Waals surface area contributed by atoms with Crippen molar-refractivity contribution >= 4 is 12.1 Å². The number of hydrogen-bond donors (Lipinski definition) is 3. The first-order chi connectivity index (χ1) is 7.78. The van der Waals surface area contributed by atoms with E-state index in [1.54, 1.807) is 26.8 Å². The van der Waals surface area contributed by atoms with Crippen molar-refractivity contribution in [1.82, 2.24) is 10.3 Å². The SMILES string of the molecule is CC(C)(C)OC(=O)NCc1ccc(C(=O)O)[nH]1. The van der Waals surface area contributed by atoms with E-state index in [1.807, 2.05) is 0 Å². The van der Waals surface area contributed by atoms with Crippen LogP contribution in [0, 0.1) is 0 Å². The summed E-state index contributed by atoms with van der Waals surface area (Å²) in [5, 5.41) is 11.2. The molecule has 6 heteroatoms. The molecule has 94 valence electrons. The highest BCUT2D eigenvalue weighted by Gasteiger charge is 2.16. The van der Waals surface area contributed by atoms with Crippen LogP contribution in [0.1, 0.15) is 37.0 Å². The molecule has 0 fully saturated rings. The van der Waals surface area contributed by atoms with Gasteiger partial charge in [0.1, 0.15) is 11.3 Å². The predicted molar refractivity (Wildman–Crippen MR) is 60.8 cm³/mol. The van der Waals surface area contributed by atoms with Crippen LogP contribution in [0.25, 0.3) is 0 Å². The highest BCUT2D eigenvalue weighted by Crippen LogP contribution is 2.07. The molecule has 17 heavy (non-hydrogen) atoms. The van der Waals surface area contributed by atoms with Crippen molar-refractivity contribution < 1.29 is 19.4 Å². The summed E-state index contributed by atoms with van der Waals surface area (Å²) in [7, 11) is 0. The number of alkyl carbamates (subject to hydrolysis) is 1. The normalized spacial score (nSPS) is 11.0. The molecule has 3 N–H and O–H groups in total. The van der Waals surface area contributed by atoms with Gasteiger partial charge in [0.15, 0.2) is 0 Å². The maximum atomic E-state index is 11.3. The van der Waals surface area contributed by atoms with E-state index in [0.717, 1.165) is 0 Å². The number of rotatable bonds is 3. The third kappa shape index (κ3) is 4.58. The fraction of sp³-hybridized carbons (Fsp3) is 0.455. The Balaban J connectivity index is 2.45. The average Bonchev–Trinajstić information content (AvgIpc) is 2.60. The van der Waals surface area contributed by atoms with Crippen LogP contribution in [0.15, 0.2) is 12.1 Å². The van der Waals surface area contributed by atoms with E-state index >= 15 is 0 Å². The topological polar surface area (TPSA) is 91.4 Å². The number of ether oxygens (including phenoxy) is 1. The van der Waals surface area contributed by atoms with Gasteiger partial charge in [-0.05, 0) is 32.9 Å². The molecule has 1 aromatic heterocycles. The van der Waals surface area contributed by atoms with Gasteiger partial charge in [-0.2, -0.15) is 0 Å². The fourth-order valence-electron chi connectivity index (χ4n) is 1.15. The van der Waals surface area contributed by atoms with Crippen molar-refractivity contribution in [3.05, 3.63) is 23.5 Å². The first-order valence-electron chi connectivity index (χ1n) is 5.16. The van der Waals surface area contributed by atoms with Crippen LogP contribution in [0.3, 0.4) is 0 Å². The molecular formula is C11H16N2O4. The molecule has 1 heterocycles. The average molecular weight is 240 g/mol. The van der Waals surface area contributed by atoms with Crippen LogP contribution in [-0.4, -0.2) is 27.8 Å². The minimum atomic E-state index is -1.03. The Labute approximate surface area is 99.0 Å². The van der Waals surface area contributed by atoms with Crippen molar-refractivity contribution in [3.8, 4) is 0 Å².